The van der Waals surface area contributed by atoms with Gasteiger partial charge in [-0.25, -0.2) is 0 Å². The van der Waals surface area contributed by atoms with Crippen LogP contribution in [0.4, 0.5) is 0 Å². The first-order valence-electron chi connectivity index (χ1n) is 7.70. The summed E-state index contributed by atoms with van der Waals surface area (Å²) in [5, 5.41) is 12.7. The summed E-state index contributed by atoms with van der Waals surface area (Å²) in [5.41, 5.74) is 0.345. The number of halogens is 1. The van der Waals surface area contributed by atoms with Crippen LogP contribution in [0.5, 0.6) is 0 Å². The van der Waals surface area contributed by atoms with Gasteiger partial charge in [0.05, 0.1) is 6.42 Å². The van der Waals surface area contributed by atoms with Gasteiger partial charge in [-0.15, -0.1) is 0 Å². The van der Waals surface area contributed by atoms with Gasteiger partial charge in [-0.05, 0) is 36.8 Å². The van der Waals surface area contributed by atoms with Crippen molar-refractivity contribution >= 4 is 23.5 Å². The molecule has 1 fully saturated rings. The number of rotatable bonds is 7. The third kappa shape index (κ3) is 3.61. The second kappa shape index (κ2) is 6.69. The van der Waals surface area contributed by atoms with Crippen molar-refractivity contribution in [1.82, 2.24) is 5.32 Å². The summed E-state index contributed by atoms with van der Waals surface area (Å²) in [5.74, 6) is -0.909. The van der Waals surface area contributed by atoms with Gasteiger partial charge in [0, 0.05) is 16.5 Å². The molecule has 1 amide bonds. The number of amides is 1. The Labute approximate surface area is 135 Å². The molecule has 0 spiro atoms. The number of aliphatic carboxylic acids is 1. The molecule has 0 aliphatic heterocycles. The van der Waals surface area contributed by atoms with Crippen LogP contribution < -0.4 is 5.32 Å². The summed E-state index contributed by atoms with van der Waals surface area (Å²) in [6, 6.07) is 7.57. The maximum absolute atomic E-state index is 12.5. The Kier molecular flexibility index (Phi) is 5.12. The predicted molar refractivity (Wildman–Crippen MR) is 86.0 cm³/mol. The molecule has 4 nitrogen and oxygen atoms in total. The third-order valence-corrected chi connectivity index (χ3v) is 5.01. The topological polar surface area (TPSA) is 66.4 Å². The van der Waals surface area contributed by atoms with E-state index in [9.17, 15) is 9.59 Å². The van der Waals surface area contributed by atoms with Crippen molar-refractivity contribution in [2.24, 2.45) is 5.92 Å². The van der Waals surface area contributed by atoms with Gasteiger partial charge in [-0.3, -0.25) is 9.59 Å². The van der Waals surface area contributed by atoms with E-state index >= 15 is 0 Å². The van der Waals surface area contributed by atoms with Crippen LogP contribution in [0.1, 0.15) is 51.0 Å². The lowest BCUT2D eigenvalue weighted by atomic mass is 9.88. The summed E-state index contributed by atoms with van der Waals surface area (Å²) in [7, 11) is 0. The summed E-state index contributed by atoms with van der Waals surface area (Å²) < 4.78 is 0. The predicted octanol–water partition coefficient (Wildman–Crippen LogP) is 3.59. The van der Waals surface area contributed by atoms with Crippen molar-refractivity contribution in [3.05, 3.63) is 34.9 Å². The molecule has 2 rings (SSSR count). The fraction of sp³-hybridized carbons (Fsp3) is 0.529. The molecule has 0 saturated heterocycles. The quantitative estimate of drug-likeness (QED) is 0.805. The molecule has 1 aliphatic carbocycles. The molecule has 1 aliphatic rings. The van der Waals surface area contributed by atoms with Crippen molar-refractivity contribution in [3.8, 4) is 0 Å². The largest absolute Gasteiger partial charge is 0.481 e. The zero-order valence-corrected chi connectivity index (χ0v) is 13.7. The maximum Gasteiger partial charge on any atom is 0.305 e. The van der Waals surface area contributed by atoms with Gasteiger partial charge in [0.25, 0.3) is 0 Å². The molecule has 1 saturated carbocycles. The fourth-order valence-corrected chi connectivity index (χ4v) is 3.24. The van der Waals surface area contributed by atoms with Crippen molar-refractivity contribution in [2.75, 3.05) is 0 Å². The molecule has 0 heterocycles. The molecular weight excluding hydrogens is 302 g/mol. The van der Waals surface area contributed by atoms with E-state index in [1.54, 1.807) is 0 Å². The van der Waals surface area contributed by atoms with Gasteiger partial charge >= 0.3 is 5.97 Å². The number of carbonyl (C=O) groups is 2. The first-order valence-corrected chi connectivity index (χ1v) is 8.08. The van der Waals surface area contributed by atoms with E-state index in [1.807, 2.05) is 38.1 Å². The number of carboxylic acid groups (broad SMARTS) is 1. The maximum atomic E-state index is 12.5. The molecule has 2 atom stereocenters. The highest BCUT2D eigenvalue weighted by Crippen LogP contribution is 2.49. The number of nitrogens with one attached hydrogen (secondary N) is 1. The molecular formula is C17H22ClNO3. The molecule has 2 N–H and O–H groups in total. The summed E-state index contributed by atoms with van der Waals surface area (Å²) in [6.45, 7) is 3.82. The molecule has 0 aromatic heterocycles. The van der Waals surface area contributed by atoms with E-state index in [-0.39, 0.29) is 24.2 Å². The van der Waals surface area contributed by atoms with Crippen LogP contribution in [0, 0.1) is 5.92 Å². The van der Waals surface area contributed by atoms with E-state index in [4.69, 9.17) is 16.7 Å². The second-order valence-electron chi connectivity index (χ2n) is 6.02. The lowest BCUT2D eigenvalue weighted by Crippen LogP contribution is -2.49. The van der Waals surface area contributed by atoms with E-state index in [2.05, 4.69) is 5.32 Å². The Morgan fingerprint density at radius 2 is 1.95 bits per heavy atom. The van der Waals surface area contributed by atoms with Crippen LogP contribution >= 0.6 is 11.6 Å². The SMILES string of the molecule is CCC(CC)(CC(=O)O)NC(=O)C1CC1c1ccccc1Cl. The van der Waals surface area contributed by atoms with Crippen LogP contribution in [-0.4, -0.2) is 22.5 Å². The number of hydrogen-bond acceptors (Lipinski definition) is 2. The smallest absolute Gasteiger partial charge is 0.305 e. The average molecular weight is 324 g/mol. The van der Waals surface area contributed by atoms with E-state index in [0.717, 1.165) is 12.0 Å². The Balaban J connectivity index is 2.04. The number of benzene rings is 1. The van der Waals surface area contributed by atoms with Gasteiger partial charge in [0.1, 0.15) is 0 Å². The first-order chi connectivity index (χ1) is 10.4. The van der Waals surface area contributed by atoms with Gasteiger partial charge < -0.3 is 10.4 Å². The summed E-state index contributed by atoms with van der Waals surface area (Å²) in [4.78, 5) is 23.5. The summed E-state index contributed by atoms with van der Waals surface area (Å²) in [6.07, 6.45) is 1.93. The Bertz CT molecular complexity index is 569. The van der Waals surface area contributed by atoms with Crippen LogP contribution in [0.25, 0.3) is 0 Å². The molecule has 0 bridgehead atoms. The molecule has 1 aromatic carbocycles. The van der Waals surface area contributed by atoms with E-state index < -0.39 is 11.5 Å². The minimum Gasteiger partial charge on any atom is -0.481 e. The van der Waals surface area contributed by atoms with Crippen molar-refractivity contribution in [1.29, 1.82) is 0 Å². The van der Waals surface area contributed by atoms with Gasteiger partial charge in [0.2, 0.25) is 5.91 Å². The van der Waals surface area contributed by atoms with Crippen molar-refractivity contribution < 1.29 is 14.7 Å². The van der Waals surface area contributed by atoms with Crippen LogP contribution in [0.2, 0.25) is 5.02 Å². The number of hydrogen-bond donors (Lipinski definition) is 2. The van der Waals surface area contributed by atoms with Crippen molar-refractivity contribution in [2.45, 2.75) is 51.0 Å². The third-order valence-electron chi connectivity index (χ3n) is 4.66. The highest BCUT2D eigenvalue weighted by atomic mass is 35.5. The Morgan fingerprint density at radius 3 is 2.50 bits per heavy atom. The second-order valence-corrected chi connectivity index (χ2v) is 6.42. The van der Waals surface area contributed by atoms with Crippen LogP contribution in [0.15, 0.2) is 24.3 Å². The molecule has 120 valence electrons. The highest BCUT2D eigenvalue weighted by Gasteiger charge is 2.46. The lowest BCUT2D eigenvalue weighted by Gasteiger charge is -2.31. The molecule has 0 radical (unpaired) electrons. The average Bonchev–Trinajstić information content (AvgIpc) is 3.27. The molecule has 22 heavy (non-hydrogen) atoms. The molecule has 5 heteroatoms. The lowest BCUT2D eigenvalue weighted by molar-refractivity contribution is -0.139. The Morgan fingerprint density at radius 1 is 1.32 bits per heavy atom. The van der Waals surface area contributed by atoms with E-state index in [0.29, 0.717) is 17.9 Å². The number of carboxylic acids is 1. The standard InChI is InChI=1S/C17H22ClNO3/c1-3-17(4-2,10-15(20)21)19-16(22)13-9-12(13)11-7-5-6-8-14(11)18/h5-8,12-13H,3-4,9-10H2,1-2H3,(H,19,22)(H,20,21). The zero-order chi connectivity index (χ0) is 16.3. The Hall–Kier alpha value is -1.55. The fourth-order valence-electron chi connectivity index (χ4n) is 2.97. The van der Waals surface area contributed by atoms with E-state index in [1.165, 1.54) is 0 Å². The van der Waals surface area contributed by atoms with Gasteiger partial charge in [0.15, 0.2) is 0 Å². The monoisotopic (exact) mass is 323 g/mol. The normalized spacial score (nSPS) is 20.5. The molecule has 2 unspecified atom stereocenters. The van der Waals surface area contributed by atoms with Crippen molar-refractivity contribution in [3.63, 3.8) is 0 Å². The highest BCUT2D eigenvalue weighted by molar-refractivity contribution is 6.31. The van der Waals surface area contributed by atoms with Crippen LogP contribution in [-0.2, 0) is 9.59 Å². The number of carbonyl (C=O) groups excluding carboxylic acids is 1. The minimum atomic E-state index is -0.887. The van der Waals surface area contributed by atoms with Crippen LogP contribution in [0.3, 0.4) is 0 Å². The zero-order valence-electron chi connectivity index (χ0n) is 12.9. The first kappa shape index (κ1) is 16.8. The molecule has 1 aromatic rings. The van der Waals surface area contributed by atoms with Gasteiger partial charge in [-0.2, -0.15) is 0 Å². The minimum absolute atomic E-state index is 0.0464. The summed E-state index contributed by atoms with van der Waals surface area (Å²) >= 11 is 6.18. The van der Waals surface area contributed by atoms with Gasteiger partial charge in [-0.1, -0.05) is 43.6 Å².